The minimum absolute atomic E-state index is 0.0248. The van der Waals surface area contributed by atoms with Crippen LogP contribution in [-0.4, -0.2) is 11.5 Å². The fraction of sp³-hybridized carbons (Fsp3) is 0.286. The van der Waals surface area contributed by atoms with Crippen molar-refractivity contribution < 1.29 is 9.66 Å². The van der Waals surface area contributed by atoms with Gasteiger partial charge < -0.3 is 10.1 Å². The van der Waals surface area contributed by atoms with Gasteiger partial charge in [0.1, 0.15) is 5.75 Å². The summed E-state index contributed by atoms with van der Waals surface area (Å²) in [6.07, 6.45) is 0. The molecule has 1 atom stereocenters. The van der Waals surface area contributed by atoms with Gasteiger partial charge in [-0.25, -0.2) is 0 Å². The van der Waals surface area contributed by atoms with Crippen LogP contribution in [0.5, 0.6) is 5.75 Å². The molecule has 2 rings (SSSR count). The normalized spacial score (nSPS) is 11.9. The van der Waals surface area contributed by atoms with E-state index in [1.54, 1.807) is 17.4 Å². The van der Waals surface area contributed by atoms with Gasteiger partial charge in [0.25, 0.3) is 5.69 Å². The first-order valence-electron chi connectivity index (χ1n) is 6.32. The molecule has 0 aliphatic heterocycles. The average molecular weight is 292 g/mol. The number of hydrogen-bond acceptors (Lipinski definition) is 5. The second-order valence-corrected chi connectivity index (χ2v) is 5.27. The van der Waals surface area contributed by atoms with Crippen molar-refractivity contribution in [1.29, 1.82) is 0 Å². The predicted octanol–water partition coefficient (Wildman–Crippen LogP) is 4.23. The fourth-order valence-corrected chi connectivity index (χ4v) is 2.62. The maximum atomic E-state index is 10.9. The fourth-order valence-electron chi connectivity index (χ4n) is 1.88. The number of benzene rings is 1. The Morgan fingerprint density at radius 3 is 2.85 bits per heavy atom. The number of anilines is 1. The molecule has 1 aromatic heterocycles. The minimum Gasteiger partial charge on any atom is -0.494 e. The van der Waals surface area contributed by atoms with Crippen molar-refractivity contribution in [2.45, 2.75) is 19.9 Å². The molecule has 0 amide bonds. The highest BCUT2D eigenvalue weighted by Gasteiger charge is 2.13. The maximum absolute atomic E-state index is 10.9. The summed E-state index contributed by atoms with van der Waals surface area (Å²) >= 11 is 1.65. The number of thiophene rings is 1. The van der Waals surface area contributed by atoms with Crippen molar-refractivity contribution in [2.24, 2.45) is 0 Å². The van der Waals surface area contributed by atoms with E-state index in [0.29, 0.717) is 18.0 Å². The Morgan fingerprint density at radius 1 is 1.45 bits per heavy atom. The number of nitro groups is 1. The topological polar surface area (TPSA) is 64.4 Å². The van der Waals surface area contributed by atoms with E-state index < -0.39 is 4.92 Å². The summed E-state index contributed by atoms with van der Waals surface area (Å²) in [5.74, 6) is 0.502. The molecule has 1 aromatic carbocycles. The van der Waals surface area contributed by atoms with Gasteiger partial charge >= 0.3 is 0 Å². The number of rotatable bonds is 6. The predicted molar refractivity (Wildman–Crippen MR) is 80.6 cm³/mol. The smallest absolute Gasteiger partial charge is 0.275 e. The molecular formula is C14H16N2O3S. The van der Waals surface area contributed by atoms with Crippen molar-refractivity contribution in [1.82, 2.24) is 0 Å². The molecule has 1 N–H and O–H groups in total. The summed E-state index contributed by atoms with van der Waals surface area (Å²) in [6.45, 7) is 4.34. The second kappa shape index (κ2) is 6.38. The van der Waals surface area contributed by atoms with Crippen molar-refractivity contribution in [3.8, 4) is 5.75 Å². The van der Waals surface area contributed by atoms with Gasteiger partial charge in [-0.05, 0) is 25.3 Å². The van der Waals surface area contributed by atoms with Crippen molar-refractivity contribution >= 4 is 22.7 Å². The zero-order valence-corrected chi connectivity index (χ0v) is 12.1. The van der Waals surface area contributed by atoms with Gasteiger partial charge in [0.2, 0.25) is 0 Å². The Kier molecular flexibility index (Phi) is 4.57. The number of nitrogens with zero attached hydrogens (tertiary/aromatic N) is 1. The third kappa shape index (κ3) is 3.48. The summed E-state index contributed by atoms with van der Waals surface area (Å²) in [4.78, 5) is 11.7. The van der Waals surface area contributed by atoms with E-state index in [0.717, 1.165) is 0 Å². The Bertz CT molecular complexity index is 584. The second-order valence-electron chi connectivity index (χ2n) is 4.29. The van der Waals surface area contributed by atoms with Crippen molar-refractivity contribution in [3.05, 3.63) is 50.7 Å². The van der Waals surface area contributed by atoms with Gasteiger partial charge in [-0.1, -0.05) is 6.07 Å². The third-order valence-electron chi connectivity index (χ3n) is 2.77. The Labute approximate surface area is 121 Å². The highest BCUT2D eigenvalue weighted by molar-refractivity contribution is 7.10. The van der Waals surface area contributed by atoms with Gasteiger partial charge in [0.05, 0.1) is 23.6 Å². The number of nitrogens with one attached hydrogen (secondary N) is 1. The van der Waals surface area contributed by atoms with Crippen LogP contribution in [0.1, 0.15) is 24.8 Å². The molecule has 5 nitrogen and oxygen atoms in total. The summed E-state index contributed by atoms with van der Waals surface area (Å²) in [5, 5.41) is 16.2. The van der Waals surface area contributed by atoms with Gasteiger partial charge in [-0.15, -0.1) is 11.3 Å². The number of hydrogen-bond donors (Lipinski definition) is 1. The van der Waals surface area contributed by atoms with Crippen LogP contribution >= 0.6 is 11.3 Å². The highest BCUT2D eigenvalue weighted by atomic mass is 32.1. The van der Waals surface area contributed by atoms with E-state index in [1.165, 1.54) is 17.0 Å². The van der Waals surface area contributed by atoms with E-state index in [-0.39, 0.29) is 11.7 Å². The molecule has 2 aromatic rings. The number of non-ortho nitro benzene ring substituents is 1. The van der Waals surface area contributed by atoms with Gasteiger partial charge in [0.15, 0.2) is 0 Å². The van der Waals surface area contributed by atoms with Gasteiger partial charge in [0, 0.05) is 22.7 Å². The summed E-state index contributed by atoms with van der Waals surface area (Å²) in [7, 11) is 0. The average Bonchev–Trinajstić information content (AvgIpc) is 2.92. The molecule has 6 heteroatoms. The molecule has 0 fully saturated rings. The van der Waals surface area contributed by atoms with E-state index in [4.69, 9.17) is 4.74 Å². The molecule has 1 unspecified atom stereocenters. The lowest BCUT2D eigenvalue weighted by molar-refractivity contribution is -0.384. The molecule has 20 heavy (non-hydrogen) atoms. The minimum atomic E-state index is -0.413. The summed E-state index contributed by atoms with van der Waals surface area (Å²) in [5.41, 5.74) is 0.709. The molecule has 0 radical (unpaired) electrons. The molecule has 0 aliphatic carbocycles. The van der Waals surface area contributed by atoms with Crippen LogP contribution in [0.3, 0.4) is 0 Å². The van der Waals surface area contributed by atoms with Crippen molar-refractivity contribution in [3.63, 3.8) is 0 Å². The first-order chi connectivity index (χ1) is 9.60. The van der Waals surface area contributed by atoms with E-state index in [1.807, 2.05) is 31.4 Å². The van der Waals surface area contributed by atoms with Gasteiger partial charge in [-0.3, -0.25) is 10.1 Å². The molecule has 106 valence electrons. The van der Waals surface area contributed by atoms with Crippen LogP contribution in [-0.2, 0) is 0 Å². The molecule has 0 spiro atoms. The SMILES string of the molecule is CCOc1cc(NC(C)c2cccs2)cc([N+](=O)[O-])c1. The highest BCUT2D eigenvalue weighted by Crippen LogP contribution is 2.29. The quantitative estimate of drug-likeness (QED) is 0.639. The van der Waals surface area contributed by atoms with E-state index >= 15 is 0 Å². The Morgan fingerprint density at radius 2 is 2.25 bits per heavy atom. The number of ether oxygens (including phenoxy) is 1. The zero-order valence-electron chi connectivity index (χ0n) is 11.3. The van der Waals surface area contributed by atoms with E-state index in [9.17, 15) is 10.1 Å². The first-order valence-corrected chi connectivity index (χ1v) is 7.20. The lowest BCUT2D eigenvalue weighted by atomic mass is 10.2. The molecule has 0 saturated carbocycles. The number of nitro benzene ring substituents is 1. The summed E-state index contributed by atoms with van der Waals surface area (Å²) < 4.78 is 5.37. The molecule has 1 heterocycles. The lowest BCUT2D eigenvalue weighted by Crippen LogP contribution is -2.05. The lowest BCUT2D eigenvalue weighted by Gasteiger charge is -2.14. The van der Waals surface area contributed by atoms with Crippen LogP contribution in [0, 0.1) is 10.1 Å². The first kappa shape index (κ1) is 14.3. The zero-order chi connectivity index (χ0) is 14.5. The Balaban J connectivity index is 2.23. The largest absolute Gasteiger partial charge is 0.494 e. The molecule has 0 saturated heterocycles. The van der Waals surface area contributed by atoms with Crippen LogP contribution in [0.15, 0.2) is 35.7 Å². The monoisotopic (exact) mass is 292 g/mol. The molecule has 0 bridgehead atoms. The standard InChI is InChI=1S/C14H16N2O3S/c1-3-19-13-8-11(7-12(9-13)16(17)18)15-10(2)14-5-4-6-20-14/h4-10,15H,3H2,1-2H3. The van der Waals surface area contributed by atoms with Gasteiger partial charge in [-0.2, -0.15) is 0 Å². The maximum Gasteiger partial charge on any atom is 0.275 e. The van der Waals surface area contributed by atoms with E-state index in [2.05, 4.69) is 5.32 Å². The van der Waals surface area contributed by atoms with Crippen LogP contribution in [0.4, 0.5) is 11.4 Å². The van der Waals surface area contributed by atoms with Crippen LogP contribution in [0.2, 0.25) is 0 Å². The Hall–Kier alpha value is -2.08. The van der Waals surface area contributed by atoms with Crippen molar-refractivity contribution in [2.75, 3.05) is 11.9 Å². The van der Waals surface area contributed by atoms with Crippen LogP contribution < -0.4 is 10.1 Å². The molecule has 0 aliphatic rings. The summed E-state index contributed by atoms with van der Waals surface area (Å²) in [6, 6.07) is 8.84. The molecular weight excluding hydrogens is 276 g/mol. The van der Waals surface area contributed by atoms with Crippen LogP contribution in [0.25, 0.3) is 0 Å². The third-order valence-corrected chi connectivity index (χ3v) is 3.82.